The topological polar surface area (TPSA) is 49.4 Å². The molecule has 4 nitrogen and oxygen atoms in total. The highest BCUT2D eigenvalue weighted by Gasteiger charge is 2.04. The summed E-state index contributed by atoms with van der Waals surface area (Å²) in [4.78, 5) is 0. The first kappa shape index (κ1) is 16.0. The van der Waals surface area contributed by atoms with Gasteiger partial charge in [-0.1, -0.05) is 6.07 Å². The summed E-state index contributed by atoms with van der Waals surface area (Å²) in [6.45, 7) is 5.12. The minimum atomic E-state index is 0.203. The molecule has 0 saturated heterocycles. The lowest BCUT2D eigenvalue weighted by Crippen LogP contribution is -2.17. The van der Waals surface area contributed by atoms with Crippen molar-refractivity contribution in [3.8, 4) is 0 Å². The fourth-order valence-electron chi connectivity index (χ4n) is 2.52. The van der Waals surface area contributed by atoms with Gasteiger partial charge in [-0.3, -0.25) is 0 Å². The van der Waals surface area contributed by atoms with Crippen LogP contribution in [0.4, 0.5) is 0 Å². The highest BCUT2D eigenvalue weighted by Crippen LogP contribution is 2.19. The molecular weight excluding hydrogens is 264 g/mol. The lowest BCUT2D eigenvalue weighted by atomic mass is 10.1. The highest BCUT2D eigenvalue weighted by molar-refractivity contribution is 5.80. The van der Waals surface area contributed by atoms with Crippen molar-refractivity contribution in [1.82, 2.24) is 4.57 Å². The zero-order chi connectivity index (χ0) is 15.1. The van der Waals surface area contributed by atoms with Gasteiger partial charge < -0.3 is 19.8 Å². The quantitative estimate of drug-likeness (QED) is 0.722. The summed E-state index contributed by atoms with van der Waals surface area (Å²) in [6.07, 6.45) is 4.08. The van der Waals surface area contributed by atoms with Crippen LogP contribution in [0.2, 0.25) is 0 Å². The van der Waals surface area contributed by atoms with Crippen LogP contribution in [0.3, 0.4) is 0 Å². The van der Waals surface area contributed by atoms with Crippen LogP contribution in [0.1, 0.15) is 18.9 Å². The van der Waals surface area contributed by atoms with Crippen LogP contribution in [-0.4, -0.2) is 37.5 Å². The average molecular weight is 290 g/mol. The lowest BCUT2D eigenvalue weighted by molar-refractivity contribution is 0.0681. The van der Waals surface area contributed by atoms with Gasteiger partial charge in [0.05, 0.1) is 13.2 Å². The van der Waals surface area contributed by atoms with E-state index in [-0.39, 0.29) is 6.04 Å². The van der Waals surface area contributed by atoms with Crippen LogP contribution in [0.5, 0.6) is 0 Å². The van der Waals surface area contributed by atoms with E-state index in [9.17, 15) is 0 Å². The van der Waals surface area contributed by atoms with Gasteiger partial charge in [-0.15, -0.1) is 0 Å². The molecule has 0 bridgehead atoms. The van der Waals surface area contributed by atoms with E-state index < -0.39 is 0 Å². The van der Waals surface area contributed by atoms with E-state index in [1.165, 1.54) is 16.5 Å². The molecule has 0 aliphatic heterocycles. The Morgan fingerprint density at radius 2 is 2.05 bits per heavy atom. The number of benzene rings is 1. The standard InChI is InChI=1S/C17H26N2O2/c1-14(18)12-15-4-5-17-16(13-15)6-8-19(17)7-3-9-21-11-10-20-2/h4-6,8,13-14H,3,7,9-12,18H2,1-2H3. The minimum Gasteiger partial charge on any atom is -0.382 e. The second-order valence-electron chi connectivity index (χ2n) is 5.54. The normalized spacial score (nSPS) is 12.9. The molecule has 1 unspecified atom stereocenters. The van der Waals surface area contributed by atoms with Crippen LogP contribution in [0.15, 0.2) is 30.5 Å². The van der Waals surface area contributed by atoms with E-state index in [1.54, 1.807) is 7.11 Å². The summed E-state index contributed by atoms with van der Waals surface area (Å²) in [5.41, 5.74) is 8.44. The van der Waals surface area contributed by atoms with Crippen molar-refractivity contribution in [3.05, 3.63) is 36.0 Å². The third-order valence-electron chi connectivity index (χ3n) is 3.51. The van der Waals surface area contributed by atoms with E-state index in [4.69, 9.17) is 15.2 Å². The molecule has 0 spiro atoms. The number of methoxy groups -OCH3 is 1. The summed E-state index contributed by atoms with van der Waals surface area (Å²) >= 11 is 0. The van der Waals surface area contributed by atoms with E-state index in [2.05, 4.69) is 35.0 Å². The molecule has 2 N–H and O–H groups in total. The third kappa shape index (κ3) is 4.84. The molecule has 0 saturated carbocycles. The summed E-state index contributed by atoms with van der Waals surface area (Å²) < 4.78 is 12.7. The largest absolute Gasteiger partial charge is 0.382 e. The molecule has 0 aliphatic rings. The Labute approximate surface area is 126 Å². The first-order chi connectivity index (χ1) is 10.2. The maximum Gasteiger partial charge on any atom is 0.0700 e. The van der Waals surface area contributed by atoms with Gasteiger partial charge in [-0.05, 0) is 48.9 Å². The second kappa shape index (κ2) is 8.17. The Bertz CT molecular complexity index is 549. The molecule has 0 amide bonds. The van der Waals surface area contributed by atoms with E-state index >= 15 is 0 Å². The van der Waals surface area contributed by atoms with Gasteiger partial charge >= 0.3 is 0 Å². The van der Waals surface area contributed by atoms with Crippen molar-refractivity contribution < 1.29 is 9.47 Å². The number of ether oxygens (including phenoxy) is 2. The Hall–Kier alpha value is -1.36. The third-order valence-corrected chi connectivity index (χ3v) is 3.51. The molecule has 1 aromatic heterocycles. The molecule has 2 aromatic rings. The van der Waals surface area contributed by atoms with Crippen LogP contribution in [0.25, 0.3) is 10.9 Å². The van der Waals surface area contributed by atoms with E-state index in [0.717, 1.165) is 26.0 Å². The number of rotatable bonds is 9. The van der Waals surface area contributed by atoms with Crippen molar-refractivity contribution >= 4 is 10.9 Å². The molecule has 1 heterocycles. The van der Waals surface area contributed by atoms with Crippen molar-refractivity contribution in [1.29, 1.82) is 0 Å². The molecule has 4 heteroatoms. The van der Waals surface area contributed by atoms with Gasteiger partial charge in [0.15, 0.2) is 0 Å². The average Bonchev–Trinajstić information content (AvgIpc) is 2.84. The monoisotopic (exact) mass is 290 g/mol. The summed E-state index contributed by atoms with van der Waals surface area (Å²) in [7, 11) is 1.69. The fraction of sp³-hybridized carbons (Fsp3) is 0.529. The summed E-state index contributed by atoms with van der Waals surface area (Å²) in [6, 6.07) is 8.99. The first-order valence-corrected chi connectivity index (χ1v) is 7.60. The first-order valence-electron chi connectivity index (χ1n) is 7.60. The van der Waals surface area contributed by atoms with Crippen LogP contribution < -0.4 is 5.73 Å². The molecular formula is C17H26N2O2. The maximum absolute atomic E-state index is 5.86. The van der Waals surface area contributed by atoms with Gasteiger partial charge in [-0.2, -0.15) is 0 Å². The molecule has 1 atom stereocenters. The van der Waals surface area contributed by atoms with Crippen molar-refractivity contribution in [2.24, 2.45) is 5.73 Å². The number of fused-ring (bicyclic) bond motifs is 1. The van der Waals surface area contributed by atoms with Crippen molar-refractivity contribution in [2.45, 2.75) is 32.4 Å². The molecule has 116 valence electrons. The predicted octanol–water partition coefficient (Wildman–Crippen LogP) is 2.58. The predicted molar refractivity (Wildman–Crippen MR) is 86.6 cm³/mol. The van der Waals surface area contributed by atoms with E-state index in [1.807, 2.05) is 6.92 Å². The Morgan fingerprint density at radius 1 is 1.19 bits per heavy atom. The van der Waals surface area contributed by atoms with Gasteiger partial charge in [0.1, 0.15) is 0 Å². The van der Waals surface area contributed by atoms with Gasteiger partial charge in [0, 0.05) is 38.0 Å². The van der Waals surface area contributed by atoms with Crippen LogP contribution in [0, 0.1) is 0 Å². The number of nitrogens with two attached hydrogens (primary N) is 1. The number of aromatic nitrogens is 1. The molecule has 21 heavy (non-hydrogen) atoms. The molecule has 0 radical (unpaired) electrons. The van der Waals surface area contributed by atoms with Crippen molar-refractivity contribution in [3.63, 3.8) is 0 Å². The lowest BCUT2D eigenvalue weighted by Gasteiger charge is -2.08. The molecule has 0 aliphatic carbocycles. The zero-order valence-electron chi connectivity index (χ0n) is 13.0. The SMILES string of the molecule is COCCOCCCn1ccc2cc(CC(C)N)ccc21. The Morgan fingerprint density at radius 3 is 2.81 bits per heavy atom. The highest BCUT2D eigenvalue weighted by atomic mass is 16.5. The molecule has 2 rings (SSSR count). The number of aryl methyl sites for hydroxylation is 1. The summed E-state index contributed by atoms with van der Waals surface area (Å²) in [5.74, 6) is 0. The number of nitrogens with zero attached hydrogens (tertiary/aromatic N) is 1. The van der Waals surface area contributed by atoms with Gasteiger partial charge in [0.25, 0.3) is 0 Å². The van der Waals surface area contributed by atoms with E-state index in [0.29, 0.717) is 13.2 Å². The van der Waals surface area contributed by atoms with Crippen LogP contribution >= 0.6 is 0 Å². The summed E-state index contributed by atoms with van der Waals surface area (Å²) in [5, 5.41) is 1.29. The Balaban J connectivity index is 1.89. The molecule has 1 aromatic carbocycles. The molecule has 0 fully saturated rings. The second-order valence-corrected chi connectivity index (χ2v) is 5.54. The van der Waals surface area contributed by atoms with Crippen LogP contribution in [-0.2, 0) is 22.4 Å². The van der Waals surface area contributed by atoms with Crippen molar-refractivity contribution in [2.75, 3.05) is 26.9 Å². The smallest absolute Gasteiger partial charge is 0.0700 e. The van der Waals surface area contributed by atoms with Gasteiger partial charge in [-0.25, -0.2) is 0 Å². The number of hydrogen-bond acceptors (Lipinski definition) is 3. The van der Waals surface area contributed by atoms with Gasteiger partial charge in [0.2, 0.25) is 0 Å². The maximum atomic E-state index is 5.86. The fourth-order valence-corrected chi connectivity index (χ4v) is 2.52. The Kier molecular flexibility index (Phi) is 6.23. The zero-order valence-corrected chi connectivity index (χ0v) is 13.0. The minimum absolute atomic E-state index is 0.203. The number of hydrogen-bond donors (Lipinski definition) is 1.